The van der Waals surface area contributed by atoms with E-state index in [2.05, 4.69) is 4.98 Å². The van der Waals surface area contributed by atoms with Gasteiger partial charge >= 0.3 is 5.97 Å². The van der Waals surface area contributed by atoms with E-state index in [0.717, 1.165) is 15.8 Å². The van der Waals surface area contributed by atoms with E-state index in [9.17, 15) is 4.79 Å². The van der Waals surface area contributed by atoms with Crippen molar-refractivity contribution in [1.82, 2.24) is 4.98 Å². The van der Waals surface area contributed by atoms with Crippen LogP contribution in [0.15, 0.2) is 53.4 Å². The lowest BCUT2D eigenvalue weighted by Gasteiger charge is -2.11. The molecular weight excluding hydrogens is 382 g/mol. The molecule has 140 valence electrons. The average Bonchev–Trinajstić information content (AvgIpc) is 2.65. The molecule has 0 saturated carbocycles. The fourth-order valence-corrected chi connectivity index (χ4v) is 3.20. The lowest BCUT2D eigenvalue weighted by molar-refractivity contribution is 0.0472. The van der Waals surface area contributed by atoms with E-state index in [1.807, 2.05) is 44.4 Å². The summed E-state index contributed by atoms with van der Waals surface area (Å²) in [5.41, 5.74) is 1.96. The number of rotatable bonds is 6. The van der Waals surface area contributed by atoms with Crippen molar-refractivity contribution in [3.8, 4) is 5.75 Å². The van der Waals surface area contributed by atoms with Gasteiger partial charge in [-0.15, -0.1) is 11.8 Å². The third-order valence-corrected chi connectivity index (χ3v) is 4.92. The number of esters is 1. The molecular formula is C21H20ClNO3S. The quantitative estimate of drug-likeness (QED) is 0.299. The highest BCUT2D eigenvalue weighted by atomic mass is 35.5. The van der Waals surface area contributed by atoms with E-state index < -0.39 is 5.97 Å². The number of carbonyl (C=O) groups is 1. The molecule has 3 aromatic rings. The molecule has 0 spiro atoms. The van der Waals surface area contributed by atoms with Crippen LogP contribution >= 0.6 is 23.4 Å². The molecule has 4 nitrogen and oxygen atoms in total. The Morgan fingerprint density at radius 1 is 1.15 bits per heavy atom. The Morgan fingerprint density at radius 3 is 2.56 bits per heavy atom. The van der Waals surface area contributed by atoms with Gasteiger partial charge in [-0.05, 0) is 62.6 Å². The number of nitrogens with zero attached hydrogens (tertiary/aromatic N) is 1. The lowest BCUT2D eigenvalue weighted by atomic mass is 10.1. The Morgan fingerprint density at radius 2 is 1.89 bits per heavy atom. The minimum atomic E-state index is -0.417. The van der Waals surface area contributed by atoms with Gasteiger partial charge in [0.2, 0.25) is 0 Å². The maximum absolute atomic E-state index is 12.3. The van der Waals surface area contributed by atoms with Crippen molar-refractivity contribution in [3.05, 3.63) is 64.8 Å². The summed E-state index contributed by atoms with van der Waals surface area (Å²) in [5.74, 6) is 0.299. The van der Waals surface area contributed by atoms with Crippen molar-refractivity contribution in [2.75, 3.05) is 6.26 Å². The molecule has 0 radical (unpaired) electrons. The molecule has 0 aliphatic rings. The second kappa shape index (κ2) is 8.63. The van der Waals surface area contributed by atoms with Gasteiger partial charge in [0.15, 0.2) is 0 Å². The topological polar surface area (TPSA) is 48.4 Å². The molecule has 0 atom stereocenters. The van der Waals surface area contributed by atoms with Crippen LogP contribution in [0, 0.1) is 0 Å². The van der Waals surface area contributed by atoms with Gasteiger partial charge in [0.05, 0.1) is 17.2 Å². The average molecular weight is 402 g/mol. The number of ether oxygens (including phenoxy) is 2. The van der Waals surface area contributed by atoms with Gasteiger partial charge in [0, 0.05) is 15.8 Å². The number of fused-ring (bicyclic) bond motifs is 1. The Balaban J connectivity index is 1.70. The van der Waals surface area contributed by atoms with Crippen molar-refractivity contribution in [1.29, 1.82) is 0 Å². The third-order valence-electron chi connectivity index (χ3n) is 3.87. The van der Waals surface area contributed by atoms with E-state index in [1.54, 1.807) is 36.0 Å². The fourth-order valence-electron chi connectivity index (χ4n) is 2.56. The standard InChI is InChI=1S/C21H20ClNO3S/c1-13(2)26-17-7-4-14(5-8-17)21(24)25-12-16-10-15-6-9-18(27-3)11-19(15)23-20(16)22/h4-11,13H,12H2,1-3H3. The fraction of sp³-hybridized carbons (Fsp3) is 0.238. The predicted molar refractivity (Wildman–Crippen MR) is 110 cm³/mol. The van der Waals surface area contributed by atoms with Gasteiger partial charge in [0.25, 0.3) is 0 Å². The first kappa shape index (κ1) is 19.5. The molecule has 0 saturated heterocycles. The molecule has 3 rings (SSSR count). The number of pyridine rings is 1. The molecule has 0 N–H and O–H groups in total. The molecule has 1 heterocycles. The zero-order valence-corrected chi connectivity index (χ0v) is 16.9. The maximum Gasteiger partial charge on any atom is 0.338 e. The van der Waals surface area contributed by atoms with E-state index in [4.69, 9.17) is 21.1 Å². The lowest BCUT2D eigenvalue weighted by Crippen LogP contribution is -2.07. The Hall–Kier alpha value is -2.24. The zero-order valence-electron chi connectivity index (χ0n) is 15.4. The molecule has 0 fully saturated rings. The van der Waals surface area contributed by atoms with Crippen LogP contribution in [0.2, 0.25) is 5.15 Å². The van der Waals surface area contributed by atoms with Gasteiger partial charge in [-0.25, -0.2) is 9.78 Å². The number of aromatic nitrogens is 1. The predicted octanol–water partition coefficient (Wildman–Crippen LogP) is 5.75. The number of halogens is 1. The second-order valence-corrected chi connectivity index (χ2v) is 7.50. The van der Waals surface area contributed by atoms with Crippen LogP contribution in [-0.2, 0) is 11.3 Å². The first-order valence-corrected chi connectivity index (χ1v) is 10.1. The van der Waals surface area contributed by atoms with E-state index >= 15 is 0 Å². The Kier molecular flexibility index (Phi) is 6.24. The monoisotopic (exact) mass is 401 g/mol. The molecule has 2 aromatic carbocycles. The Labute approximate surface area is 167 Å². The largest absolute Gasteiger partial charge is 0.491 e. The van der Waals surface area contributed by atoms with Crippen LogP contribution in [0.4, 0.5) is 0 Å². The molecule has 0 bridgehead atoms. The smallest absolute Gasteiger partial charge is 0.338 e. The number of hydrogen-bond donors (Lipinski definition) is 0. The van der Waals surface area contributed by atoms with Gasteiger partial charge in [-0.2, -0.15) is 0 Å². The normalized spacial score (nSPS) is 11.0. The number of carbonyl (C=O) groups excluding carboxylic acids is 1. The number of hydrogen-bond acceptors (Lipinski definition) is 5. The molecule has 27 heavy (non-hydrogen) atoms. The first-order chi connectivity index (χ1) is 13.0. The van der Waals surface area contributed by atoms with Crippen LogP contribution < -0.4 is 4.74 Å². The zero-order chi connectivity index (χ0) is 19.4. The van der Waals surface area contributed by atoms with Crippen molar-refractivity contribution in [2.24, 2.45) is 0 Å². The molecule has 6 heteroatoms. The summed E-state index contributed by atoms with van der Waals surface area (Å²) in [5, 5.41) is 1.30. The highest BCUT2D eigenvalue weighted by Gasteiger charge is 2.11. The van der Waals surface area contributed by atoms with Gasteiger partial charge in [0.1, 0.15) is 17.5 Å². The summed E-state index contributed by atoms with van der Waals surface area (Å²) >= 11 is 7.92. The van der Waals surface area contributed by atoms with Gasteiger partial charge in [-0.3, -0.25) is 0 Å². The van der Waals surface area contributed by atoms with Gasteiger partial charge < -0.3 is 9.47 Å². The van der Waals surface area contributed by atoms with Crippen LogP contribution in [0.25, 0.3) is 10.9 Å². The highest BCUT2D eigenvalue weighted by Crippen LogP contribution is 2.25. The first-order valence-electron chi connectivity index (χ1n) is 8.53. The molecule has 0 unspecified atom stereocenters. The molecule has 0 amide bonds. The van der Waals surface area contributed by atoms with Crippen LogP contribution in [0.1, 0.15) is 29.8 Å². The van der Waals surface area contributed by atoms with Gasteiger partial charge in [-0.1, -0.05) is 17.7 Å². The van der Waals surface area contributed by atoms with Crippen molar-refractivity contribution in [2.45, 2.75) is 31.5 Å². The summed E-state index contributed by atoms with van der Waals surface area (Å²) < 4.78 is 11.0. The number of thioether (sulfide) groups is 1. The second-order valence-electron chi connectivity index (χ2n) is 6.26. The summed E-state index contributed by atoms with van der Waals surface area (Å²) in [4.78, 5) is 17.8. The molecule has 0 aliphatic heterocycles. The summed E-state index contributed by atoms with van der Waals surface area (Å²) in [7, 11) is 0. The molecule has 1 aromatic heterocycles. The molecule has 0 aliphatic carbocycles. The van der Waals surface area contributed by atoms with Crippen molar-refractivity contribution < 1.29 is 14.3 Å². The SMILES string of the molecule is CSc1ccc2cc(COC(=O)c3ccc(OC(C)C)cc3)c(Cl)nc2c1. The van der Waals surface area contributed by atoms with Crippen molar-refractivity contribution >= 4 is 40.2 Å². The maximum atomic E-state index is 12.3. The minimum Gasteiger partial charge on any atom is -0.491 e. The number of benzene rings is 2. The van der Waals surface area contributed by atoms with Crippen LogP contribution in [0.5, 0.6) is 5.75 Å². The summed E-state index contributed by atoms with van der Waals surface area (Å²) in [6.07, 6.45) is 2.09. The third kappa shape index (κ3) is 4.93. The van der Waals surface area contributed by atoms with E-state index in [-0.39, 0.29) is 12.7 Å². The summed E-state index contributed by atoms with van der Waals surface area (Å²) in [6.45, 7) is 3.96. The van der Waals surface area contributed by atoms with Crippen LogP contribution in [0.3, 0.4) is 0 Å². The van der Waals surface area contributed by atoms with Crippen molar-refractivity contribution in [3.63, 3.8) is 0 Å². The van der Waals surface area contributed by atoms with E-state index in [1.165, 1.54) is 0 Å². The minimum absolute atomic E-state index is 0.0646. The summed E-state index contributed by atoms with van der Waals surface area (Å²) in [6, 6.07) is 14.8. The van der Waals surface area contributed by atoms with E-state index in [0.29, 0.717) is 22.0 Å². The highest BCUT2D eigenvalue weighted by molar-refractivity contribution is 7.98. The van der Waals surface area contributed by atoms with Crippen LogP contribution in [-0.4, -0.2) is 23.3 Å². The Bertz CT molecular complexity index is 958.